The van der Waals surface area contributed by atoms with Crippen LogP contribution in [0.15, 0.2) is 41.5 Å². The van der Waals surface area contributed by atoms with Crippen molar-refractivity contribution in [1.29, 1.82) is 0 Å². The number of nitrogens with two attached hydrogens (primary N) is 1. The zero-order valence-corrected chi connectivity index (χ0v) is 18.1. The molecule has 3 N–H and O–H groups in total. The minimum Gasteiger partial charge on any atom is -0.462 e. The highest BCUT2D eigenvalue weighted by atomic mass is 19.3. The summed E-state index contributed by atoms with van der Waals surface area (Å²) in [7, 11) is 0. The highest BCUT2D eigenvalue weighted by molar-refractivity contribution is 6.02. The van der Waals surface area contributed by atoms with Crippen molar-refractivity contribution in [2.75, 3.05) is 18.5 Å². The van der Waals surface area contributed by atoms with Crippen LogP contribution in [-0.2, 0) is 15.0 Å². The Morgan fingerprint density at radius 1 is 1.29 bits per heavy atom. The number of fused-ring (bicyclic) bond motifs is 1. The van der Waals surface area contributed by atoms with Gasteiger partial charge in [0.25, 0.3) is 18.4 Å². The molecular weight excluding hydrogens is 449 g/mol. The number of anilines is 1. The van der Waals surface area contributed by atoms with Gasteiger partial charge in [0.1, 0.15) is 17.6 Å². The molecule has 5 rings (SSSR count). The zero-order valence-electron chi connectivity index (χ0n) is 18.1. The van der Waals surface area contributed by atoms with E-state index in [2.05, 4.69) is 27.1 Å². The minimum atomic E-state index is -3.02. The fraction of sp³-hybridized carbons (Fsp3) is 0.375. The van der Waals surface area contributed by atoms with Gasteiger partial charge in [-0.2, -0.15) is 0 Å². The van der Waals surface area contributed by atoms with E-state index in [1.165, 1.54) is 18.3 Å². The standard InChI is InChI=1S/C24H21F3N4O3/c1-23(11-33-12-23)7-6-13-2-5-18(29-10-13)20(32)30-14-3-4-17(25)15(8-14)24(21(26)27)16-9-19(16)34-22(28)31-24/h2-5,8,10,16,19,21H,9,11-12H2,1H3,(H2,28,31)(H,30,32)/t16-,19+,24+/m0/s1. The molecule has 7 nitrogen and oxygen atoms in total. The van der Waals surface area contributed by atoms with Crippen molar-refractivity contribution in [2.45, 2.75) is 31.4 Å². The van der Waals surface area contributed by atoms with Crippen LogP contribution < -0.4 is 11.1 Å². The van der Waals surface area contributed by atoms with Crippen LogP contribution in [0, 0.1) is 29.0 Å². The van der Waals surface area contributed by atoms with Crippen molar-refractivity contribution < 1.29 is 27.4 Å². The number of hydrogen-bond donors (Lipinski definition) is 2. The summed E-state index contributed by atoms with van der Waals surface area (Å²) in [5, 5.41) is 2.58. The van der Waals surface area contributed by atoms with E-state index in [1.807, 2.05) is 6.92 Å². The second-order valence-corrected chi connectivity index (χ2v) is 8.96. The number of carbonyl (C=O) groups excluding carboxylic acids is 1. The van der Waals surface area contributed by atoms with Gasteiger partial charge in [0, 0.05) is 28.9 Å². The number of hydrogen-bond acceptors (Lipinski definition) is 6. The molecule has 2 fully saturated rings. The molecule has 2 aromatic rings. The number of amidine groups is 1. The van der Waals surface area contributed by atoms with Gasteiger partial charge in [-0.15, -0.1) is 0 Å². The van der Waals surface area contributed by atoms with E-state index in [4.69, 9.17) is 15.2 Å². The number of amides is 1. The first kappa shape index (κ1) is 22.2. The van der Waals surface area contributed by atoms with Gasteiger partial charge in [0.15, 0.2) is 5.54 Å². The molecule has 0 radical (unpaired) electrons. The maximum absolute atomic E-state index is 14.7. The lowest BCUT2D eigenvalue weighted by molar-refractivity contribution is -0.0648. The van der Waals surface area contributed by atoms with Crippen LogP contribution in [0.1, 0.15) is 35.0 Å². The molecule has 3 atom stereocenters. The topological polar surface area (TPSA) is 98.8 Å². The van der Waals surface area contributed by atoms with Gasteiger partial charge in [-0.3, -0.25) is 4.79 Å². The molecule has 1 saturated carbocycles. The molecule has 3 aliphatic rings. The first-order valence-electron chi connectivity index (χ1n) is 10.7. The van der Waals surface area contributed by atoms with Gasteiger partial charge in [0.2, 0.25) is 0 Å². The summed E-state index contributed by atoms with van der Waals surface area (Å²) in [6.07, 6.45) is -1.79. The van der Waals surface area contributed by atoms with Crippen LogP contribution in [0.3, 0.4) is 0 Å². The van der Waals surface area contributed by atoms with E-state index < -0.39 is 41.7 Å². The normalized spacial score (nSPS) is 26.2. The molecule has 34 heavy (non-hydrogen) atoms. The van der Waals surface area contributed by atoms with Crippen molar-refractivity contribution in [1.82, 2.24) is 4.98 Å². The van der Waals surface area contributed by atoms with E-state index in [-0.39, 0.29) is 28.8 Å². The number of benzene rings is 1. The molecule has 1 saturated heterocycles. The van der Waals surface area contributed by atoms with Crippen LogP contribution in [0.25, 0.3) is 0 Å². The lowest BCUT2D eigenvalue weighted by Crippen LogP contribution is -2.43. The lowest BCUT2D eigenvalue weighted by atomic mass is 9.84. The Morgan fingerprint density at radius 3 is 2.74 bits per heavy atom. The van der Waals surface area contributed by atoms with Gasteiger partial charge in [-0.25, -0.2) is 23.1 Å². The van der Waals surface area contributed by atoms with Gasteiger partial charge < -0.3 is 20.5 Å². The van der Waals surface area contributed by atoms with E-state index in [9.17, 15) is 18.0 Å². The van der Waals surface area contributed by atoms with Crippen molar-refractivity contribution in [3.05, 3.63) is 59.2 Å². The summed E-state index contributed by atoms with van der Waals surface area (Å²) in [5.41, 5.74) is 3.77. The Bertz CT molecular complexity index is 1230. The first-order valence-corrected chi connectivity index (χ1v) is 10.7. The predicted molar refractivity (Wildman–Crippen MR) is 117 cm³/mol. The Hall–Kier alpha value is -3.58. The van der Waals surface area contributed by atoms with E-state index in [1.54, 1.807) is 6.07 Å². The largest absolute Gasteiger partial charge is 0.462 e. The predicted octanol–water partition coefficient (Wildman–Crippen LogP) is 3.05. The highest BCUT2D eigenvalue weighted by Crippen LogP contribution is 2.56. The SMILES string of the molecule is CC1(C#Cc2ccc(C(=O)Nc3ccc(F)c([C@@]4(C(F)F)N=C(N)O[C@@H]5C[C@@H]54)c3)nc2)COC1. The molecule has 10 heteroatoms. The number of nitrogens with one attached hydrogen (secondary N) is 1. The Labute approximate surface area is 193 Å². The van der Waals surface area contributed by atoms with E-state index in [0.29, 0.717) is 18.8 Å². The number of aromatic nitrogens is 1. The van der Waals surface area contributed by atoms with E-state index >= 15 is 0 Å². The lowest BCUT2D eigenvalue weighted by Gasteiger charge is -2.33. The summed E-state index contributed by atoms with van der Waals surface area (Å²) in [5.74, 6) is 3.98. The van der Waals surface area contributed by atoms with Crippen LogP contribution in [0.2, 0.25) is 0 Å². The van der Waals surface area contributed by atoms with Gasteiger partial charge in [-0.05, 0) is 43.7 Å². The second kappa shape index (κ2) is 8.02. The highest BCUT2D eigenvalue weighted by Gasteiger charge is 2.64. The summed E-state index contributed by atoms with van der Waals surface area (Å²) in [6, 6.07) is 6.23. The molecule has 1 amide bonds. The van der Waals surface area contributed by atoms with Crippen molar-refractivity contribution in [3.63, 3.8) is 0 Å². The smallest absolute Gasteiger partial charge is 0.283 e. The Morgan fingerprint density at radius 2 is 2.09 bits per heavy atom. The number of ether oxygens (including phenoxy) is 2. The Balaban J connectivity index is 1.37. The molecule has 2 aliphatic heterocycles. The van der Waals surface area contributed by atoms with Gasteiger partial charge in [-0.1, -0.05) is 11.8 Å². The molecule has 1 aliphatic carbocycles. The van der Waals surface area contributed by atoms with E-state index in [0.717, 1.165) is 12.1 Å². The third-order valence-electron chi connectivity index (χ3n) is 6.20. The molecule has 176 valence electrons. The van der Waals surface area contributed by atoms with Crippen molar-refractivity contribution in [3.8, 4) is 11.8 Å². The third-order valence-corrected chi connectivity index (χ3v) is 6.20. The molecule has 1 aromatic carbocycles. The first-order chi connectivity index (χ1) is 16.2. The number of pyridine rings is 1. The summed E-state index contributed by atoms with van der Waals surface area (Å²) < 4.78 is 53.6. The number of rotatable bonds is 4. The molecule has 1 aromatic heterocycles. The second-order valence-electron chi connectivity index (χ2n) is 8.96. The van der Waals surface area contributed by atoms with Crippen LogP contribution >= 0.6 is 0 Å². The van der Waals surface area contributed by atoms with Crippen LogP contribution in [-0.4, -0.2) is 42.7 Å². The molecule has 0 unspecified atom stereocenters. The van der Waals surface area contributed by atoms with Crippen LogP contribution in [0.4, 0.5) is 18.9 Å². The molecule has 0 bridgehead atoms. The quantitative estimate of drug-likeness (QED) is 0.670. The average molecular weight is 470 g/mol. The van der Waals surface area contributed by atoms with Crippen molar-refractivity contribution >= 4 is 17.6 Å². The van der Waals surface area contributed by atoms with Gasteiger partial charge in [0.05, 0.1) is 18.6 Å². The summed E-state index contributed by atoms with van der Waals surface area (Å²) >= 11 is 0. The maximum atomic E-state index is 14.7. The summed E-state index contributed by atoms with van der Waals surface area (Å²) in [4.78, 5) is 20.6. The third kappa shape index (κ3) is 3.86. The molecular formula is C24H21F3N4O3. The molecule has 3 heterocycles. The maximum Gasteiger partial charge on any atom is 0.283 e. The number of carbonyl (C=O) groups is 1. The minimum absolute atomic E-state index is 0.0915. The monoisotopic (exact) mass is 470 g/mol. The number of alkyl halides is 2. The Kier molecular flexibility index (Phi) is 5.24. The average Bonchev–Trinajstić information content (AvgIpc) is 3.57. The fourth-order valence-corrected chi connectivity index (χ4v) is 4.21. The summed E-state index contributed by atoms with van der Waals surface area (Å²) in [6.45, 7) is 3.15. The number of nitrogens with zero attached hydrogens (tertiary/aromatic N) is 2. The van der Waals surface area contributed by atoms with Gasteiger partial charge >= 0.3 is 0 Å². The molecule has 0 spiro atoms. The number of halogens is 3. The van der Waals surface area contributed by atoms with Crippen molar-refractivity contribution in [2.24, 2.45) is 22.1 Å². The van der Waals surface area contributed by atoms with Crippen LogP contribution in [0.5, 0.6) is 0 Å². The number of aliphatic imine (C=N–C) groups is 1. The zero-order chi connectivity index (χ0) is 24.1. The fourth-order valence-electron chi connectivity index (χ4n) is 4.21.